The van der Waals surface area contributed by atoms with Gasteiger partial charge in [0.1, 0.15) is 5.82 Å². The zero-order valence-corrected chi connectivity index (χ0v) is 21.0. The molecule has 2 bridgehead atoms. The largest absolute Gasteiger partial charge is 0.341 e. The summed E-state index contributed by atoms with van der Waals surface area (Å²) in [5.41, 5.74) is 4.73. The number of nitrogens with zero attached hydrogens (tertiary/aromatic N) is 4. The third kappa shape index (κ3) is 3.04. The van der Waals surface area contributed by atoms with E-state index < -0.39 is 5.41 Å². The van der Waals surface area contributed by atoms with Crippen molar-refractivity contribution in [1.29, 1.82) is 0 Å². The molecular weight excluding hydrogens is 439 g/mol. The summed E-state index contributed by atoms with van der Waals surface area (Å²) >= 11 is 0. The van der Waals surface area contributed by atoms with Crippen molar-refractivity contribution in [3.63, 3.8) is 0 Å². The molecule has 3 unspecified atom stereocenters. The minimum absolute atomic E-state index is 0.195. The minimum atomic E-state index is -0.654. The first kappa shape index (κ1) is 22.6. The number of allylic oxidation sites excluding steroid dienone is 1. The lowest BCUT2D eigenvalue weighted by molar-refractivity contribution is -0.147. The Morgan fingerprint density at radius 2 is 1.91 bits per heavy atom. The van der Waals surface area contributed by atoms with Gasteiger partial charge in [-0.2, -0.15) is 10.2 Å². The smallest absolute Gasteiger partial charge is 0.235 e. The maximum absolute atomic E-state index is 14.5. The summed E-state index contributed by atoms with van der Waals surface area (Å²) in [5.74, 6) is 1.03. The van der Waals surface area contributed by atoms with Gasteiger partial charge in [0.05, 0.1) is 16.8 Å². The zero-order valence-electron chi connectivity index (χ0n) is 21.0. The van der Waals surface area contributed by atoms with Crippen LogP contribution in [0.15, 0.2) is 46.5 Å². The second kappa shape index (κ2) is 7.81. The van der Waals surface area contributed by atoms with E-state index >= 15 is 0 Å². The molecule has 2 fully saturated rings. The summed E-state index contributed by atoms with van der Waals surface area (Å²) in [4.78, 5) is 20.8. The molecular formula is C29H33FN4O. The van der Waals surface area contributed by atoms with E-state index in [2.05, 4.69) is 42.9 Å². The molecule has 3 heterocycles. The van der Waals surface area contributed by atoms with Crippen LogP contribution in [0.2, 0.25) is 0 Å². The van der Waals surface area contributed by atoms with Crippen LogP contribution in [0.3, 0.4) is 0 Å². The second-order valence-electron chi connectivity index (χ2n) is 11.5. The summed E-state index contributed by atoms with van der Waals surface area (Å²) in [6.45, 7) is 11.3. The van der Waals surface area contributed by atoms with E-state index in [0.29, 0.717) is 23.1 Å². The van der Waals surface area contributed by atoms with Gasteiger partial charge in [0.15, 0.2) is 0 Å². The number of carbonyl (C=O) groups is 1. The van der Waals surface area contributed by atoms with Crippen LogP contribution in [0.4, 0.5) is 4.39 Å². The number of halogens is 1. The third-order valence-electron chi connectivity index (χ3n) is 9.47. The van der Waals surface area contributed by atoms with Crippen molar-refractivity contribution < 1.29 is 9.18 Å². The monoisotopic (exact) mass is 472 g/mol. The van der Waals surface area contributed by atoms with Gasteiger partial charge in [-0.1, -0.05) is 38.5 Å². The summed E-state index contributed by atoms with van der Waals surface area (Å²) < 4.78 is 14.5. The number of aliphatic imine (C=N–C) groups is 1. The van der Waals surface area contributed by atoms with Crippen LogP contribution in [0, 0.1) is 23.1 Å². The highest BCUT2D eigenvalue weighted by atomic mass is 19.1. The molecule has 6 heteroatoms. The Balaban J connectivity index is 1.32. The van der Waals surface area contributed by atoms with E-state index in [1.807, 2.05) is 23.2 Å². The predicted octanol–water partition coefficient (Wildman–Crippen LogP) is 5.32. The first-order valence-electron chi connectivity index (χ1n) is 12.9. The average Bonchev–Trinajstić information content (AvgIpc) is 3.10. The molecule has 2 aliphatic heterocycles. The van der Waals surface area contributed by atoms with Crippen molar-refractivity contribution >= 4 is 12.1 Å². The molecule has 6 rings (SSSR count). The predicted molar refractivity (Wildman–Crippen MR) is 135 cm³/mol. The fraction of sp³-hybridized carbons (Fsp3) is 0.517. The molecule has 1 aromatic heterocycles. The van der Waals surface area contributed by atoms with Crippen molar-refractivity contribution in [2.24, 2.45) is 22.2 Å². The molecule has 35 heavy (non-hydrogen) atoms. The topological polar surface area (TPSA) is 58.5 Å². The molecule has 1 amide bonds. The first-order valence-corrected chi connectivity index (χ1v) is 12.9. The third-order valence-corrected chi connectivity index (χ3v) is 9.47. The van der Waals surface area contributed by atoms with Gasteiger partial charge >= 0.3 is 0 Å². The van der Waals surface area contributed by atoms with E-state index in [1.54, 1.807) is 12.1 Å². The standard InChI is InChI=1S/C29H33FN4O/c1-17-10-12-31-14-18(2)25(17)19-15-34(16-19)27(35)29-11-9-22(28(29,3)4)21-13-24(32-33-26(21)29)20-7-5-6-8-23(20)30/h5-8,13-14,17,19,22H,9-12,15-16H2,1-4H3. The molecule has 0 N–H and O–H groups in total. The van der Waals surface area contributed by atoms with Crippen molar-refractivity contribution in [3.05, 3.63) is 58.6 Å². The van der Waals surface area contributed by atoms with Crippen LogP contribution in [0.1, 0.15) is 64.1 Å². The fourth-order valence-corrected chi connectivity index (χ4v) is 7.52. The highest BCUT2D eigenvalue weighted by molar-refractivity contribution is 5.92. The normalized spacial score (nSPS) is 29.2. The van der Waals surface area contributed by atoms with Gasteiger partial charge in [0.2, 0.25) is 5.91 Å². The van der Waals surface area contributed by atoms with E-state index in [4.69, 9.17) is 0 Å². The van der Waals surface area contributed by atoms with Gasteiger partial charge < -0.3 is 4.90 Å². The number of likely N-dealkylation sites (tertiary alicyclic amines) is 1. The summed E-state index contributed by atoms with van der Waals surface area (Å²) in [5, 5.41) is 9.08. The Morgan fingerprint density at radius 3 is 2.69 bits per heavy atom. The molecule has 0 spiro atoms. The van der Waals surface area contributed by atoms with Crippen molar-refractivity contribution in [1.82, 2.24) is 15.1 Å². The Kier molecular flexibility index (Phi) is 5.03. The molecule has 5 nitrogen and oxygen atoms in total. The molecule has 1 saturated carbocycles. The number of aromatic nitrogens is 2. The summed E-state index contributed by atoms with van der Waals surface area (Å²) in [7, 11) is 0. The van der Waals surface area contributed by atoms with Gasteiger partial charge in [0, 0.05) is 37.3 Å². The minimum Gasteiger partial charge on any atom is -0.341 e. The van der Waals surface area contributed by atoms with E-state index in [9.17, 15) is 9.18 Å². The highest BCUT2D eigenvalue weighted by Crippen LogP contribution is 2.68. The van der Waals surface area contributed by atoms with Gasteiger partial charge in [0.25, 0.3) is 0 Å². The van der Waals surface area contributed by atoms with E-state index in [1.165, 1.54) is 17.2 Å². The maximum Gasteiger partial charge on any atom is 0.235 e. The lowest BCUT2D eigenvalue weighted by Crippen LogP contribution is -2.59. The fourth-order valence-electron chi connectivity index (χ4n) is 7.52. The number of rotatable bonds is 3. The lowest BCUT2D eigenvalue weighted by atomic mass is 9.66. The molecule has 4 aliphatic rings. The van der Waals surface area contributed by atoms with Crippen LogP contribution in [0.5, 0.6) is 0 Å². The lowest BCUT2D eigenvalue weighted by Gasteiger charge is -2.48. The summed E-state index contributed by atoms with van der Waals surface area (Å²) in [6, 6.07) is 8.66. The molecule has 3 atom stereocenters. The van der Waals surface area contributed by atoms with Crippen LogP contribution in [0.25, 0.3) is 11.3 Å². The Labute approximate surface area is 206 Å². The van der Waals surface area contributed by atoms with Crippen LogP contribution >= 0.6 is 0 Å². The van der Waals surface area contributed by atoms with Gasteiger partial charge in [-0.3, -0.25) is 9.79 Å². The van der Waals surface area contributed by atoms with Crippen molar-refractivity contribution in [2.45, 2.75) is 58.3 Å². The highest BCUT2D eigenvalue weighted by Gasteiger charge is 2.68. The zero-order chi connectivity index (χ0) is 24.5. The number of carbonyl (C=O) groups excluding carboxylic acids is 1. The number of benzene rings is 1. The molecule has 1 saturated heterocycles. The second-order valence-corrected chi connectivity index (χ2v) is 11.5. The van der Waals surface area contributed by atoms with Crippen LogP contribution in [-0.2, 0) is 10.2 Å². The summed E-state index contributed by atoms with van der Waals surface area (Å²) in [6.07, 6.45) is 4.83. The molecule has 2 aliphatic carbocycles. The number of hydrogen-bond donors (Lipinski definition) is 0. The Hall–Kier alpha value is -2.89. The average molecular weight is 473 g/mol. The molecule has 0 radical (unpaired) electrons. The van der Waals surface area contributed by atoms with Crippen molar-refractivity contribution in [2.75, 3.05) is 19.6 Å². The first-order chi connectivity index (χ1) is 16.8. The molecule has 1 aromatic carbocycles. The Morgan fingerprint density at radius 1 is 1.14 bits per heavy atom. The number of hydrogen-bond acceptors (Lipinski definition) is 4. The van der Waals surface area contributed by atoms with E-state index in [-0.39, 0.29) is 23.1 Å². The number of amides is 1. The van der Waals surface area contributed by atoms with Crippen molar-refractivity contribution in [3.8, 4) is 11.3 Å². The Bertz CT molecular complexity index is 1280. The van der Waals surface area contributed by atoms with Gasteiger partial charge in [-0.05, 0) is 72.8 Å². The van der Waals surface area contributed by atoms with Crippen LogP contribution in [-0.4, -0.2) is 46.9 Å². The quantitative estimate of drug-likeness (QED) is 0.607. The molecule has 2 aromatic rings. The number of fused-ring (bicyclic) bond motifs is 5. The maximum atomic E-state index is 14.5. The van der Waals surface area contributed by atoms with E-state index in [0.717, 1.165) is 50.2 Å². The molecule has 182 valence electrons. The van der Waals surface area contributed by atoms with Gasteiger partial charge in [-0.25, -0.2) is 4.39 Å². The van der Waals surface area contributed by atoms with Crippen LogP contribution < -0.4 is 0 Å². The van der Waals surface area contributed by atoms with Gasteiger partial charge in [-0.15, -0.1) is 0 Å². The SMILES string of the molecule is CC1=C(C2CN(C(=O)C34CCC(c5cc(-c6ccccc6F)nnc53)C4(C)C)C2)C(C)CCN=C1.